The van der Waals surface area contributed by atoms with Gasteiger partial charge in [-0.2, -0.15) is 0 Å². The third-order valence-electron chi connectivity index (χ3n) is 6.17. The number of hydrogen-bond donors (Lipinski definition) is 1. The molecular formula is C25H31N3O2. The summed E-state index contributed by atoms with van der Waals surface area (Å²) in [5, 5.41) is 3.05. The fourth-order valence-electron chi connectivity index (χ4n) is 4.38. The highest BCUT2D eigenvalue weighted by atomic mass is 16.2. The van der Waals surface area contributed by atoms with Crippen LogP contribution in [-0.2, 0) is 16.0 Å². The third kappa shape index (κ3) is 4.57. The second-order valence-corrected chi connectivity index (χ2v) is 8.76. The summed E-state index contributed by atoms with van der Waals surface area (Å²) in [5.41, 5.74) is 5.34. The molecule has 1 heterocycles. The van der Waals surface area contributed by atoms with Crippen LogP contribution in [-0.4, -0.2) is 41.9 Å². The van der Waals surface area contributed by atoms with E-state index < -0.39 is 0 Å². The Labute approximate surface area is 179 Å². The Bertz CT molecular complexity index is 951. The van der Waals surface area contributed by atoms with Crippen LogP contribution in [0.5, 0.6) is 0 Å². The van der Waals surface area contributed by atoms with Crippen molar-refractivity contribution in [1.82, 2.24) is 4.90 Å². The molecule has 1 saturated carbocycles. The fourth-order valence-corrected chi connectivity index (χ4v) is 4.38. The summed E-state index contributed by atoms with van der Waals surface area (Å²) < 4.78 is 0. The molecule has 0 saturated heterocycles. The first-order valence-corrected chi connectivity index (χ1v) is 10.9. The first-order valence-electron chi connectivity index (χ1n) is 10.9. The minimum atomic E-state index is -0.0112. The molecule has 0 aromatic heterocycles. The highest BCUT2D eigenvalue weighted by Crippen LogP contribution is 2.33. The molecule has 158 valence electrons. The lowest BCUT2D eigenvalue weighted by Crippen LogP contribution is -2.40. The van der Waals surface area contributed by atoms with Crippen molar-refractivity contribution in [3.05, 3.63) is 59.2 Å². The van der Waals surface area contributed by atoms with E-state index >= 15 is 0 Å². The minimum absolute atomic E-state index is 0.0112. The maximum absolute atomic E-state index is 13.0. The van der Waals surface area contributed by atoms with Crippen LogP contribution in [0, 0.1) is 13.8 Å². The highest BCUT2D eigenvalue weighted by Gasteiger charge is 2.33. The van der Waals surface area contributed by atoms with Gasteiger partial charge in [0.15, 0.2) is 0 Å². The molecule has 2 aromatic rings. The number of carbonyl (C=O) groups excluding carboxylic acids is 2. The summed E-state index contributed by atoms with van der Waals surface area (Å²) in [4.78, 5) is 29.8. The normalized spacial score (nSPS) is 17.9. The maximum Gasteiger partial charge on any atom is 0.238 e. The van der Waals surface area contributed by atoms with Gasteiger partial charge in [-0.15, -0.1) is 0 Å². The largest absolute Gasteiger partial charge is 0.325 e. The number of para-hydroxylation sites is 1. The van der Waals surface area contributed by atoms with Crippen LogP contribution >= 0.6 is 0 Å². The monoisotopic (exact) mass is 405 g/mol. The SMILES string of the molecule is Cc1ccc(C)c(NC(=O)CN(CCC(=O)N2c3ccccc3CC2C)C2CC2)c1. The van der Waals surface area contributed by atoms with Gasteiger partial charge in [0.2, 0.25) is 11.8 Å². The quantitative estimate of drug-likeness (QED) is 0.755. The highest BCUT2D eigenvalue weighted by molar-refractivity contribution is 5.96. The van der Waals surface area contributed by atoms with Crippen molar-refractivity contribution >= 4 is 23.2 Å². The average molecular weight is 406 g/mol. The number of hydrogen-bond acceptors (Lipinski definition) is 3. The van der Waals surface area contributed by atoms with Gasteiger partial charge in [0.1, 0.15) is 0 Å². The van der Waals surface area contributed by atoms with Crippen LogP contribution < -0.4 is 10.2 Å². The van der Waals surface area contributed by atoms with E-state index in [1.807, 2.05) is 55.1 Å². The molecule has 1 atom stereocenters. The lowest BCUT2D eigenvalue weighted by atomic mass is 10.1. The van der Waals surface area contributed by atoms with Crippen LogP contribution in [0.15, 0.2) is 42.5 Å². The van der Waals surface area contributed by atoms with Crippen LogP contribution in [0.2, 0.25) is 0 Å². The molecule has 1 N–H and O–H groups in total. The molecule has 1 unspecified atom stereocenters. The van der Waals surface area contributed by atoms with Gasteiger partial charge in [-0.1, -0.05) is 30.3 Å². The summed E-state index contributed by atoms with van der Waals surface area (Å²) in [6, 6.07) is 14.9. The summed E-state index contributed by atoms with van der Waals surface area (Å²) in [6.07, 6.45) is 3.56. The van der Waals surface area contributed by atoms with Crippen molar-refractivity contribution in [3.8, 4) is 0 Å². The molecule has 5 nitrogen and oxygen atoms in total. The zero-order valence-electron chi connectivity index (χ0n) is 18.1. The van der Waals surface area contributed by atoms with Gasteiger partial charge in [-0.05, 0) is 68.9 Å². The number of rotatable bonds is 7. The Balaban J connectivity index is 1.36. The second-order valence-electron chi connectivity index (χ2n) is 8.76. The summed E-state index contributed by atoms with van der Waals surface area (Å²) in [7, 11) is 0. The number of amides is 2. The van der Waals surface area contributed by atoms with Gasteiger partial charge in [0, 0.05) is 36.4 Å². The molecule has 4 rings (SSSR count). The minimum Gasteiger partial charge on any atom is -0.325 e. The van der Waals surface area contributed by atoms with Crippen molar-refractivity contribution in [2.75, 3.05) is 23.3 Å². The Morgan fingerprint density at radius 1 is 1.13 bits per heavy atom. The lowest BCUT2D eigenvalue weighted by molar-refractivity contribution is -0.121. The van der Waals surface area contributed by atoms with Gasteiger partial charge in [-0.3, -0.25) is 14.5 Å². The van der Waals surface area contributed by atoms with Crippen molar-refractivity contribution in [2.45, 2.75) is 58.5 Å². The van der Waals surface area contributed by atoms with E-state index in [1.165, 1.54) is 5.56 Å². The molecule has 30 heavy (non-hydrogen) atoms. The van der Waals surface area contributed by atoms with Gasteiger partial charge in [0.25, 0.3) is 0 Å². The first-order chi connectivity index (χ1) is 14.4. The van der Waals surface area contributed by atoms with Crippen LogP contribution in [0.4, 0.5) is 11.4 Å². The molecule has 2 aromatic carbocycles. The number of nitrogens with zero attached hydrogens (tertiary/aromatic N) is 2. The topological polar surface area (TPSA) is 52.7 Å². The average Bonchev–Trinajstić information content (AvgIpc) is 3.49. The van der Waals surface area contributed by atoms with E-state index in [9.17, 15) is 9.59 Å². The molecule has 0 radical (unpaired) electrons. The Morgan fingerprint density at radius 2 is 1.90 bits per heavy atom. The van der Waals surface area contributed by atoms with E-state index in [0.29, 0.717) is 25.6 Å². The standard InChI is InChI=1S/C25H31N3O2/c1-17-8-9-18(2)22(14-17)26-24(29)16-27(21-10-11-21)13-12-25(30)28-19(3)15-20-6-4-5-7-23(20)28/h4-9,14,19,21H,10-13,15-16H2,1-3H3,(H,26,29). The van der Waals surface area contributed by atoms with Gasteiger partial charge < -0.3 is 10.2 Å². The zero-order valence-corrected chi connectivity index (χ0v) is 18.1. The molecule has 1 aliphatic heterocycles. The first kappa shape index (κ1) is 20.6. The predicted octanol–water partition coefficient (Wildman–Crippen LogP) is 4.07. The zero-order chi connectivity index (χ0) is 21.3. The molecule has 0 spiro atoms. The van der Waals surface area contributed by atoms with E-state index in [-0.39, 0.29) is 17.9 Å². The fraction of sp³-hybridized carbons (Fsp3) is 0.440. The van der Waals surface area contributed by atoms with Crippen LogP contribution in [0.1, 0.15) is 42.9 Å². The van der Waals surface area contributed by atoms with Crippen molar-refractivity contribution in [1.29, 1.82) is 0 Å². The van der Waals surface area contributed by atoms with Crippen LogP contribution in [0.25, 0.3) is 0 Å². The van der Waals surface area contributed by atoms with Crippen molar-refractivity contribution in [2.24, 2.45) is 0 Å². The molecule has 1 fully saturated rings. The number of aryl methyl sites for hydroxylation is 2. The van der Waals surface area contributed by atoms with Crippen molar-refractivity contribution < 1.29 is 9.59 Å². The predicted molar refractivity (Wildman–Crippen MR) is 121 cm³/mol. The Kier molecular flexibility index (Phi) is 5.91. The van der Waals surface area contributed by atoms with E-state index in [4.69, 9.17) is 0 Å². The molecule has 2 aliphatic rings. The summed E-state index contributed by atoms with van der Waals surface area (Å²) in [6.45, 7) is 7.08. The van der Waals surface area contributed by atoms with E-state index in [1.54, 1.807) is 0 Å². The number of carbonyl (C=O) groups is 2. The van der Waals surface area contributed by atoms with Crippen LogP contribution in [0.3, 0.4) is 0 Å². The summed E-state index contributed by atoms with van der Waals surface area (Å²) >= 11 is 0. The molecule has 1 aliphatic carbocycles. The maximum atomic E-state index is 13.0. The Morgan fingerprint density at radius 3 is 2.67 bits per heavy atom. The number of anilines is 2. The summed E-state index contributed by atoms with van der Waals surface area (Å²) in [5.74, 6) is 0.135. The Hall–Kier alpha value is -2.66. The van der Waals surface area contributed by atoms with Gasteiger partial charge >= 0.3 is 0 Å². The smallest absolute Gasteiger partial charge is 0.238 e. The lowest BCUT2D eigenvalue weighted by Gasteiger charge is -2.26. The van der Waals surface area contributed by atoms with Crippen molar-refractivity contribution in [3.63, 3.8) is 0 Å². The molecule has 0 bridgehead atoms. The number of benzene rings is 2. The van der Waals surface area contributed by atoms with E-state index in [2.05, 4.69) is 23.2 Å². The third-order valence-corrected chi connectivity index (χ3v) is 6.17. The molecular weight excluding hydrogens is 374 g/mol. The van der Waals surface area contributed by atoms with Gasteiger partial charge in [0.05, 0.1) is 6.54 Å². The van der Waals surface area contributed by atoms with Gasteiger partial charge in [-0.25, -0.2) is 0 Å². The number of nitrogens with one attached hydrogen (secondary N) is 1. The second kappa shape index (κ2) is 8.60. The molecule has 5 heteroatoms. The number of fused-ring (bicyclic) bond motifs is 1. The molecule has 2 amide bonds. The van der Waals surface area contributed by atoms with E-state index in [0.717, 1.165) is 41.8 Å².